The van der Waals surface area contributed by atoms with E-state index < -0.39 is 0 Å². The molecule has 26 heavy (non-hydrogen) atoms. The van der Waals surface area contributed by atoms with Gasteiger partial charge in [-0.3, -0.25) is 9.36 Å². The summed E-state index contributed by atoms with van der Waals surface area (Å²) < 4.78 is 1.63. The van der Waals surface area contributed by atoms with Crippen LogP contribution in [0.25, 0.3) is 32.1 Å². The topological polar surface area (TPSA) is 34.9 Å². The lowest BCUT2D eigenvalue weighted by molar-refractivity contribution is 0.651. The molecule has 0 aliphatic carbocycles. The first-order chi connectivity index (χ1) is 12.6. The van der Waals surface area contributed by atoms with Crippen molar-refractivity contribution < 1.29 is 0 Å². The molecule has 4 rings (SSSR count). The molecule has 0 spiro atoms. The second-order valence-corrected chi connectivity index (χ2v) is 7.47. The number of nitrogens with zero attached hydrogens (tertiary/aromatic N) is 2. The number of thiophene rings is 1. The summed E-state index contributed by atoms with van der Waals surface area (Å²) >= 11 is 1.51. The van der Waals surface area contributed by atoms with Crippen molar-refractivity contribution in [2.45, 2.75) is 26.3 Å². The summed E-state index contributed by atoms with van der Waals surface area (Å²) in [6.07, 6.45) is 5.49. The quantitative estimate of drug-likeness (QED) is 0.481. The molecule has 0 aliphatic heterocycles. The molecule has 0 aliphatic rings. The van der Waals surface area contributed by atoms with Gasteiger partial charge < -0.3 is 0 Å². The minimum atomic E-state index is -0.0546. The Morgan fingerprint density at radius 2 is 1.96 bits per heavy atom. The van der Waals surface area contributed by atoms with Crippen molar-refractivity contribution in [1.29, 1.82) is 0 Å². The van der Waals surface area contributed by atoms with E-state index in [4.69, 9.17) is 11.4 Å². The Kier molecular flexibility index (Phi) is 4.10. The first kappa shape index (κ1) is 16.6. The van der Waals surface area contributed by atoms with E-state index in [2.05, 4.69) is 36.3 Å². The van der Waals surface area contributed by atoms with Crippen molar-refractivity contribution in [3.63, 3.8) is 0 Å². The molecule has 0 amide bonds. The van der Waals surface area contributed by atoms with E-state index in [9.17, 15) is 4.79 Å². The summed E-state index contributed by atoms with van der Waals surface area (Å²) in [4.78, 5) is 18.7. The smallest absolute Gasteiger partial charge is 0.263 e. The number of rotatable bonds is 3. The van der Waals surface area contributed by atoms with Gasteiger partial charge in [0.15, 0.2) is 0 Å². The number of aromatic nitrogens is 2. The third kappa shape index (κ3) is 2.61. The Hall–Kier alpha value is -2.90. The Morgan fingerprint density at radius 1 is 1.19 bits per heavy atom. The van der Waals surface area contributed by atoms with Crippen LogP contribution in [0, 0.1) is 12.3 Å². The molecule has 0 radical (unpaired) electrons. The molecule has 0 saturated heterocycles. The highest BCUT2D eigenvalue weighted by atomic mass is 32.1. The third-order valence-electron chi connectivity index (χ3n) is 4.55. The van der Waals surface area contributed by atoms with Gasteiger partial charge in [0.05, 0.1) is 11.9 Å². The van der Waals surface area contributed by atoms with Crippen LogP contribution in [-0.2, 0) is 6.54 Å². The molecule has 3 nitrogen and oxygen atoms in total. The Labute approximate surface area is 155 Å². The number of terminal acetylenes is 1. The molecular formula is C22H18N2OS. The monoisotopic (exact) mass is 358 g/mol. The van der Waals surface area contributed by atoms with Crippen LogP contribution >= 0.6 is 11.3 Å². The largest absolute Gasteiger partial charge is 0.284 e. The summed E-state index contributed by atoms with van der Waals surface area (Å²) in [5, 5.41) is 5.01. The lowest BCUT2D eigenvalue weighted by Gasteiger charge is -2.13. The fourth-order valence-electron chi connectivity index (χ4n) is 3.29. The maximum absolute atomic E-state index is 13.2. The van der Waals surface area contributed by atoms with E-state index in [-0.39, 0.29) is 18.0 Å². The molecule has 4 aromatic rings. The third-order valence-corrected chi connectivity index (χ3v) is 5.42. The first-order valence-corrected chi connectivity index (χ1v) is 9.42. The fourth-order valence-corrected chi connectivity index (χ4v) is 4.24. The van der Waals surface area contributed by atoms with Crippen LogP contribution in [0.15, 0.2) is 52.6 Å². The predicted molar refractivity (Wildman–Crippen MR) is 110 cm³/mol. The van der Waals surface area contributed by atoms with Gasteiger partial charge in [-0.25, -0.2) is 4.98 Å². The van der Waals surface area contributed by atoms with Crippen molar-refractivity contribution in [2.24, 2.45) is 0 Å². The molecule has 128 valence electrons. The molecule has 0 atom stereocenters. The van der Waals surface area contributed by atoms with Crippen molar-refractivity contribution >= 4 is 32.3 Å². The highest BCUT2D eigenvalue weighted by Gasteiger charge is 2.18. The number of hydrogen-bond donors (Lipinski definition) is 0. The van der Waals surface area contributed by atoms with Gasteiger partial charge in [0.2, 0.25) is 0 Å². The minimum absolute atomic E-state index is 0.0546. The number of fused-ring (bicyclic) bond motifs is 2. The lowest BCUT2D eigenvalue weighted by atomic mass is 10.0. The summed E-state index contributed by atoms with van der Waals surface area (Å²) in [6.45, 7) is 4.29. The highest BCUT2D eigenvalue weighted by Crippen LogP contribution is 2.33. The maximum atomic E-state index is 13.2. The Morgan fingerprint density at radius 3 is 2.69 bits per heavy atom. The lowest BCUT2D eigenvalue weighted by Crippen LogP contribution is -2.25. The SMILES string of the molecule is C#CCn1c(C(C)C)nc2scc(-c3ccc4ccccc4c3)c2c1=O. The van der Waals surface area contributed by atoms with Crippen LogP contribution < -0.4 is 5.56 Å². The van der Waals surface area contributed by atoms with Gasteiger partial charge in [-0.1, -0.05) is 56.2 Å². The molecule has 0 saturated carbocycles. The molecular weight excluding hydrogens is 340 g/mol. The van der Waals surface area contributed by atoms with Gasteiger partial charge in [0.25, 0.3) is 5.56 Å². The summed E-state index contributed by atoms with van der Waals surface area (Å²) in [7, 11) is 0. The average Bonchev–Trinajstić information content (AvgIpc) is 3.07. The van der Waals surface area contributed by atoms with Gasteiger partial charge in [-0.15, -0.1) is 17.8 Å². The highest BCUT2D eigenvalue weighted by molar-refractivity contribution is 7.17. The van der Waals surface area contributed by atoms with E-state index in [1.165, 1.54) is 16.7 Å². The average molecular weight is 358 g/mol. The van der Waals surface area contributed by atoms with Crippen molar-refractivity contribution in [3.8, 4) is 23.5 Å². The summed E-state index contributed by atoms with van der Waals surface area (Å²) in [6, 6.07) is 14.5. The van der Waals surface area contributed by atoms with Crippen LogP contribution in [-0.4, -0.2) is 9.55 Å². The van der Waals surface area contributed by atoms with Crippen LogP contribution in [0.4, 0.5) is 0 Å². The normalized spacial score (nSPS) is 11.3. The second-order valence-electron chi connectivity index (χ2n) is 6.61. The summed E-state index contributed by atoms with van der Waals surface area (Å²) in [5.41, 5.74) is 1.90. The zero-order valence-corrected chi connectivity index (χ0v) is 15.5. The van der Waals surface area contributed by atoms with Crippen LogP contribution in [0.1, 0.15) is 25.6 Å². The molecule has 0 unspecified atom stereocenters. The van der Waals surface area contributed by atoms with Crippen molar-refractivity contribution in [3.05, 3.63) is 64.0 Å². The van der Waals surface area contributed by atoms with E-state index in [1.807, 2.05) is 31.4 Å². The molecule has 4 heteroatoms. The van der Waals surface area contributed by atoms with Gasteiger partial charge >= 0.3 is 0 Å². The van der Waals surface area contributed by atoms with E-state index in [0.717, 1.165) is 27.2 Å². The number of hydrogen-bond acceptors (Lipinski definition) is 3. The van der Waals surface area contributed by atoms with Gasteiger partial charge in [0.1, 0.15) is 10.7 Å². The van der Waals surface area contributed by atoms with Crippen LogP contribution in [0.2, 0.25) is 0 Å². The molecule has 0 bridgehead atoms. The fraction of sp³-hybridized carbons (Fsp3) is 0.182. The Bertz CT molecular complexity index is 1220. The molecule has 2 aromatic carbocycles. The van der Waals surface area contributed by atoms with Gasteiger partial charge in [0, 0.05) is 16.9 Å². The standard InChI is InChI=1S/C22H18N2OS/c1-4-11-24-20(14(2)3)23-21-19(22(24)25)18(13-26-21)17-10-9-15-7-5-6-8-16(15)12-17/h1,5-10,12-14H,11H2,2-3H3. The molecule has 0 N–H and O–H groups in total. The van der Waals surface area contributed by atoms with Crippen molar-refractivity contribution in [2.75, 3.05) is 0 Å². The predicted octanol–water partition coefficient (Wildman–Crippen LogP) is 5.03. The van der Waals surface area contributed by atoms with Crippen LogP contribution in [0.3, 0.4) is 0 Å². The van der Waals surface area contributed by atoms with E-state index in [0.29, 0.717) is 5.39 Å². The van der Waals surface area contributed by atoms with E-state index in [1.54, 1.807) is 4.57 Å². The zero-order chi connectivity index (χ0) is 18.3. The minimum Gasteiger partial charge on any atom is -0.284 e. The Balaban J connectivity index is 2.00. The zero-order valence-electron chi connectivity index (χ0n) is 14.7. The number of benzene rings is 2. The second kappa shape index (κ2) is 6.44. The van der Waals surface area contributed by atoms with E-state index >= 15 is 0 Å². The molecule has 2 heterocycles. The van der Waals surface area contributed by atoms with Crippen molar-refractivity contribution in [1.82, 2.24) is 9.55 Å². The maximum Gasteiger partial charge on any atom is 0.263 e. The molecule has 2 aromatic heterocycles. The summed E-state index contributed by atoms with van der Waals surface area (Å²) in [5.74, 6) is 3.46. The first-order valence-electron chi connectivity index (χ1n) is 8.54. The van der Waals surface area contributed by atoms with Gasteiger partial charge in [-0.2, -0.15) is 0 Å². The van der Waals surface area contributed by atoms with Gasteiger partial charge in [-0.05, 0) is 22.4 Å². The molecule has 0 fully saturated rings. The van der Waals surface area contributed by atoms with Crippen LogP contribution in [0.5, 0.6) is 0 Å².